The molecule has 0 radical (unpaired) electrons. The van der Waals surface area contributed by atoms with Crippen LogP contribution in [0.15, 0.2) is 0 Å². The second kappa shape index (κ2) is 11.5. The second-order valence-corrected chi connectivity index (χ2v) is 17.2. The zero-order valence-corrected chi connectivity index (χ0v) is 20.8. The van der Waals surface area contributed by atoms with E-state index in [1.54, 1.807) is 12.0 Å². The standard InChI is InChI=1S/C19H43NO4Si2/c1-11-14-23-25(10,22-9)15-12-13-20(8)19(21)24-26(16(2)3,17(4)5)18(6)7/h16-18H,11-15H2,1-10H3. The van der Waals surface area contributed by atoms with Gasteiger partial charge in [0.15, 0.2) is 0 Å². The van der Waals surface area contributed by atoms with Crippen LogP contribution in [0, 0.1) is 0 Å². The van der Waals surface area contributed by atoms with Gasteiger partial charge in [-0.2, -0.15) is 0 Å². The van der Waals surface area contributed by atoms with Gasteiger partial charge in [-0.25, -0.2) is 4.79 Å². The molecule has 1 atom stereocenters. The summed E-state index contributed by atoms with van der Waals surface area (Å²) in [5.74, 6) is 0. The van der Waals surface area contributed by atoms with Crippen molar-refractivity contribution in [1.29, 1.82) is 0 Å². The Hall–Kier alpha value is -0.376. The quantitative estimate of drug-likeness (QED) is 0.387. The van der Waals surface area contributed by atoms with Crippen LogP contribution in [0.4, 0.5) is 4.79 Å². The molecule has 0 N–H and O–H groups in total. The van der Waals surface area contributed by atoms with Crippen LogP contribution < -0.4 is 0 Å². The molecule has 0 aliphatic heterocycles. The first-order chi connectivity index (χ1) is 12.0. The Labute approximate surface area is 164 Å². The van der Waals surface area contributed by atoms with Gasteiger partial charge in [-0.3, -0.25) is 0 Å². The fourth-order valence-electron chi connectivity index (χ4n) is 3.86. The summed E-state index contributed by atoms with van der Waals surface area (Å²) in [5.41, 5.74) is 1.18. The van der Waals surface area contributed by atoms with Gasteiger partial charge >= 0.3 is 14.7 Å². The molecule has 0 aromatic rings. The molecular weight excluding hydrogens is 362 g/mol. The number of carbonyl (C=O) groups excluding carboxylic acids is 1. The zero-order valence-electron chi connectivity index (χ0n) is 18.8. The van der Waals surface area contributed by atoms with Crippen LogP contribution in [0.2, 0.25) is 29.2 Å². The van der Waals surface area contributed by atoms with Crippen molar-refractivity contribution < 1.29 is 18.1 Å². The molecule has 0 aromatic carbocycles. The number of rotatable bonds is 12. The molecule has 0 aliphatic carbocycles. The number of nitrogens with zero attached hydrogens (tertiary/aromatic N) is 1. The minimum Gasteiger partial charge on any atom is -0.503 e. The van der Waals surface area contributed by atoms with E-state index in [4.69, 9.17) is 13.3 Å². The Morgan fingerprint density at radius 1 is 1.04 bits per heavy atom. The van der Waals surface area contributed by atoms with Crippen molar-refractivity contribution in [1.82, 2.24) is 4.90 Å². The molecule has 26 heavy (non-hydrogen) atoms. The van der Waals surface area contributed by atoms with E-state index in [-0.39, 0.29) is 6.09 Å². The number of carbonyl (C=O) groups is 1. The van der Waals surface area contributed by atoms with Crippen molar-refractivity contribution in [3.05, 3.63) is 0 Å². The van der Waals surface area contributed by atoms with E-state index in [1.165, 1.54) is 0 Å². The number of amides is 1. The highest BCUT2D eigenvalue weighted by Crippen LogP contribution is 2.42. The lowest BCUT2D eigenvalue weighted by Crippen LogP contribution is -2.51. The molecule has 0 saturated heterocycles. The lowest BCUT2D eigenvalue weighted by atomic mass is 10.4. The maximum Gasteiger partial charge on any atom is 0.395 e. The van der Waals surface area contributed by atoms with Gasteiger partial charge in [-0.1, -0.05) is 48.5 Å². The zero-order chi connectivity index (χ0) is 20.5. The van der Waals surface area contributed by atoms with Crippen molar-refractivity contribution >= 4 is 23.0 Å². The summed E-state index contributed by atoms with van der Waals surface area (Å²) >= 11 is 0. The van der Waals surface area contributed by atoms with Crippen LogP contribution in [0.25, 0.3) is 0 Å². The van der Waals surface area contributed by atoms with Crippen molar-refractivity contribution in [3.8, 4) is 0 Å². The van der Waals surface area contributed by atoms with Crippen molar-refractivity contribution in [2.45, 2.75) is 90.5 Å². The van der Waals surface area contributed by atoms with E-state index < -0.39 is 16.9 Å². The highest BCUT2D eigenvalue weighted by molar-refractivity contribution is 6.78. The fraction of sp³-hybridized carbons (Fsp3) is 0.947. The lowest BCUT2D eigenvalue weighted by molar-refractivity contribution is 0.154. The van der Waals surface area contributed by atoms with Gasteiger partial charge in [-0.15, -0.1) is 0 Å². The Balaban J connectivity index is 4.81. The minimum absolute atomic E-state index is 0.178. The van der Waals surface area contributed by atoms with Gasteiger partial charge in [0.05, 0.1) is 0 Å². The van der Waals surface area contributed by atoms with E-state index in [0.29, 0.717) is 23.2 Å². The Morgan fingerprint density at radius 2 is 1.54 bits per heavy atom. The van der Waals surface area contributed by atoms with E-state index in [9.17, 15) is 4.79 Å². The highest BCUT2D eigenvalue weighted by Gasteiger charge is 2.48. The Kier molecular flexibility index (Phi) is 11.3. The molecule has 0 aliphatic rings. The molecule has 0 bridgehead atoms. The maximum atomic E-state index is 12.8. The predicted molar refractivity (Wildman–Crippen MR) is 114 cm³/mol. The normalized spacial score (nSPS) is 14.8. The van der Waals surface area contributed by atoms with Gasteiger partial charge in [0.2, 0.25) is 0 Å². The summed E-state index contributed by atoms with van der Waals surface area (Å²) in [6.07, 6.45) is 1.68. The molecular formula is C19H43NO4Si2. The third-order valence-electron chi connectivity index (χ3n) is 5.45. The smallest absolute Gasteiger partial charge is 0.395 e. The summed E-state index contributed by atoms with van der Waals surface area (Å²) in [6, 6.07) is 0.877. The first-order valence-electron chi connectivity index (χ1n) is 10.1. The molecule has 156 valence electrons. The molecule has 1 amide bonds. The molecule has 0 rings (SSSR count). The molecule has 0 aromatic heterocycles. The van der Waals surface area contributed by atoms with Gasteiger partial charge < -0.3 is 18.2 Å². The van der Waals surface area contributed by atoms with Crippen LogP contribution >= 0.6 is 0 Å². The van der Waals surface area contributed by atoms with Crippen LogP contribution in [-0.4, -0.2) is 55.2 Å². The Morgan fingerprint density at radius 3 is 1.92 bits per heavy atom. The molecule has 1 unspecified atom stereocenters. The summed E-state index contributed by atoms with van der Waals surface area (Å²) in [5, 5.41) is 0. The molecule has 0 spiro atoms. The van der Waals surface area contributed by atoms with Gasteiger partial charge in [-0.05, 0) is 42.1 Å². The second-order valence-electron chi connectivity index (χ2n) is 8.40. The summed E-state index contributed by atoms with van der Waals surface area (Å²) in [6.45, 7) is 18.8. The van der Waals surface area contributed by atoms with Crippen LogP contribution in [0.3, 0.4) is 0 Å². The van der Waals surface area contributed by atoms with E-state index in [2.05, 4.69) is 55.0 Å². The van der Waals surface area contributed by atoms with Gasteiger partial charge in [0.25, 0.3) is 8.32 Å². The molecule has 5 nitrogen and oxygen atoms in total. The van der Waals surface area contributed by atoms with Crippen LogP contribution in [-0.2, 0) is 13.3 Å². The molecule has 0 fully saturated rings. The fourth-order valence-corrected chi connectivity index (χ4v) is 10.9. The average molecular weight is 406 g/mol. The summed E-state index contributed by atoms with van der Waals surface area (Å²) in [7, 11) is -0.738. The van der Waals surface area contributed by atoms with E-state index in [1.807, 2.05) is 7.05 Å². The summed E-state index contributed by atoms with van der Waals surface area (Å²) in [4.78, 5) is 14.5. The Bertz CT molecular complexity index is 397. The third-order valence-corrected chi connectivity index (χ3v) is 14.3. The molecule has 7 heteroatoms. The molecule has 0 heterocycles. The number of hydrogen-bond donors (Lipinski definition) is 0. The van der Waals surface area contributed by atoms with Crippen LogP contribution in [0.5, 0.6) is 0 Å². The van der Waals surface area contributed by atoms with Crippen molar-refractivity contribution in [2.75, 3.05) is 27.3 Å². The molecule has 0 saturated carbocycles. The van der Waals surface area contributed by atoms with Crippen molar-refractivity contribution in [3.63, 3.8) is 0 Å². The van der Waals surface area contributed by atoms with Gasteiger partial charge in [0, 0.05) is 27.3 Å². The van der Waals surface area contributed by atoms with Crippen LogP contribution in [0.1, 0.15) is 61.3 Å². The first kappa shape index (κ1) is 25.6. The monoisotopic (exact) mass is 405 g/mol. The first-order valence-corrected chi connectivity index (χ1v) is 14.8. The lowest BCUT2D eigenvalue weighted by Gasteiger charge is -2.42. The highest BCUT2D eigenvalue weighted by atomic mass is 28.4. The SMILES string of the molecule is CCCO[Si](C)(CCCN(C)C(=O)O[Si](C(C)C)(C(C)C)C(C)C)OC. The van der Waals surface area contributed by atoms with E-state index >= 15 is 0 Å². The minimum atomic E-state index is -2.19. The largest absolute Gasteiger partial charge is 0.503 e. The maximum absolute atomic E-state index is 12.8. The summed E-state index contributed by atoms with van der Waals surface area (Å²) < 4.78 is 17.8. The third kappa shape index (κ3) is 6.98. The number of hydrogen-bond acceptors (Lipinski definition) is 4. The van der Waals surface area contributed by atoms with Crippen molar-refractivity contribution in [2.24, 2.45) is 0 Å². The topological polar surface area (TPSA) is 48.0 Å². The average Bonchev–Trinajstić information content (AvgIpc) is 2.56. The van der Waals surface area contributed by atoms with E-state index in [0.717, 1.165) is 25.5 Å². The van der Waals surface area contributed by atoms with Gasteiger partial charge in [0.1, 0.15) is 0 Å². The predicted octanol–water partition coefficient (Wildman–Crippen LogP) is 5.77.